The summed E-state index contributed by atoms with van der Waals surface area (Å²) in [5.41, 5.74) is 5.60. The van der Waals surface area contributed by atoms with Crippen molar-refractivity contribution in [3.8, 4) is 0 Å². The monoisotopic (exact) mass is 329 g/mol. The van der Waals surface area contributed by atoms with Gasteiger partial charge >= 0.3 is 0 Å². The molecular weight excluding hydrogens is 301 g/mol. The van der Waals surface area contributed by atoms with Crippen LogP contribution in [0.15, 0.2) is 0 Å². The lowest BCUT2D eigenvalue weighted by Gasteiger charge is -2.26. The van der Waals surface area contributed by atoms with Gasteiger partial charge in [0.25, 0.3) is 0 Å². The van der Waals surface area contributed by atoms with Crippen LogP contribution in [-0.4, -0.2) is 56.2 Å². The lowest BCUT2D eigenvalue weighted by molar-refractivity contribution is -0.121. The highest BCUT2D eigenvalue weighted by atomic mass is 35.5. The maximum absolute atomic E-state index is 11.4. The lowest BCUT2D eigenvalue weighted by atomic mass is 10.2. The number of unbranched alkanes of at least 4 members (excludes halogenated alkanes) is 1. The number of nitrogens with zero attached hydrogens (tertiary/aromatic N) is 1. The summed E-state index contributed by atoms with van der Waals surface area (Å²) in [5, 5.41) is 2.94. The summed E-state index contributed by atoms with van der Waals surface area (Å²) < 4.78 is 5.30. The summed E-state index contributed by atoms with van der Waals surface area (Å²) in [6, 6.07) is 0.108. The van der Waals surface area contributed by atoms with Crippen LogP contribution in [0, 0.1) is 0 Å². The molecule has 1 saturated heterocycles. The Bertz CT molecular complexity index is 238. The number of ether oxygens (including phenoxy) is 1. The second-order valence-corrected chi connectivity index (χ2v) is 5.03. The number of halogens is 2. The maximum Gasteiger partial charge on any atom is 0.220 e. The van der Waals surface area contributed by atoms with E-state index in [1.807, 2.05) is 6.92 Å². The van der Waals surface area contributed by atoms with Crippen LogP contribution in [0.5, 0.6) is 0 Å². The molecule has 1 heterocycles. The van der Waals surface area contributed by atoms with Crippen LogP contribution >= 0.6 is 24.8 Å². The quantitative estimate of drug-likeness (QED) is 0.656. The molecule has 5 nitrogen and oxygen atoms in total. The van der Waals surface area contributed by atoms with Gasteiger partial charge in [0.2, 0.25) is 5.91 Å². The van der Waals surface area contributed by atoms with Crippen molar-refractivity contribution in [3.63, 3.8) is 0 Å². The number of nitrogens with two attached hydrogens (primary N) is 1. The van der Waals surface area contributed by atoms with Gasteiger partial charge in [0.15, 0.2) is 0 Å². The Morgan fingerprint density at radius 1 is 1.30 bits per heavy atom. The molecule has 1 amide bonds. The van der Waals surface area contributed by atoms with Gasteiger partial charge in [-0.15, -0.1) is 24.8 Å². The van der Waals surface area contributed by atoms with E-state index in [0.29, 0.717) is 6.42 Å². The van der Waals surface area contributed by atoms with E-state index < -0.39 is 0 Å². The minimum atomic E-state index is 0. The van der Waals surface area contributed by atoms with Crippen molar-refractivity contribution in [2.24, 2.45) is 5.73 Å². The lowest BCUT2D eigenvalue weighted by Crippen LogP contribution is -2.37. The number of nitrogens with one attached hydrogen (secondary N) is 1. The molecule has 1 rings (SSSR count). The molecule has 122 valence electrons. The Labute approximate surface area is 134 Å². The molecule has 0 aromatic rings. The fourth-order valence-electron chi connectivity index (χ4n) is 1.96. The normalized spacial score (nSPS) is 16.7. The first-order valence-electron chi connectivity index (χ1n) is 7.01. The molecule has 3 N–H and O–H groups in total. The zero-order valence-electron chi connectivity index (χ0n) is 12.3. The van der Waals surface area contributed by atoms with Gasteiger partial charge in [-0.25, -0.2) is 0 Å². The molecule has 20 heavy (non-hydrogen) atoms. The third-order valence-corrected chi connectivity index (χ3v) is 3.15. The van der Waals surface area contributed by atoms with E-state index in [-0.39, 0.29) is 36.8 Å². The fraction of sp³-hybridized carbons (Fsp3) is 0.923. The van der Waals surface area contributed by atoms with E-state index in [1.165, 1.54) is 0 Å². The molecule has 0 aromatic heterocycles. The molecule has 1 aliphatic heterocycles. The molecule has 0 spiro atoms. The van der Waals surface area contributed by atoms with Crippen molar-refractivity contribution in [1.82, 2.24) is 10.2 Å². The number of carbonyl (C=O) groups is 1. The summed E-state index contributed by atoms with van der Waals surface area (Å²) in [6.45, 7) is 7.61. The van der Waals surface area contributed by atoms with E-state index in [2.05, 4.69) is 10.2 Å². The topological polar surface area (TPSA) is 67.6 Å². The molecule has 0 bridgehead atoms. The molecule has 1 atom stereocenters. The number of rotatable bonds is 8. The van der Waals surface area contributed by atoms with Crippen LogP contribution in [0.2, 0.25) is 0 Å². The summed E-state index contributed by atoms with van der Waals surface area (Å²) in [5.74, 6) is 0.124. The smallest absolute Gasteiger partial charge is 0.220 e. The van der Waals surface area contributed by atoms with E-state index in [0.717, 1.165) is 58.7 Å². The predicted octanol–water partition coefficient (Wildman–Crippen LogP) is 1.19. The van der Waals surface area contributed by atoms with Crippen molar-refractivity contribution < 1.29 is 9.53 Å². The maximum atomic E-state index is 11.4. The van der Waals surface area contributed by atoms with Crippen LogP contribution in [0.1, 0.15) is 32.6 Å². The van der Waals surface area contributed by atoms with E-state index >= 15 is 0 Å². The zero-order chi connectivity index (χ0) is 13.2. The molecule has 1 aliphatic rings. The highest BCUT2D eigenvalue weighted by molar-refractivity contribution is 5.85. The number of hydrogen-bond donors (Lipinski definition) is 2. The highest BCUT2D eigenvalue weighted by Crippen LogP contribution is 2.00. The van der Waals surface area contributed by atoms with Gasteiger partial charge in [0, 0.05) is 32.1 Å². The number of amides is 1. The third-order valence-electron chi connectivity index (χ3n) is 3.15. The molecular formula is C13H29Cl2N3O2. The summed E-state index contributed by atoms with van der Waals surface area (Å²) in [6.07, 6.45) is 3.48. The van der Waals surface area contributed by atoms with Gasteiger partial charge < -0.3 is 15.8 Å². The van der Waals surface area contributed by atoms with Crippen molar-refractivity contribution in [3.05, 3.63) is 0 Å². The Kier molecular flexibility index (Phi) is 15.4. The summed E-state index contributed by atoms with van der Waals surface area (Å²) in [7, 11) is 0. The van der Waals surface area contributed by atoms with Gasteiger partial charge in [0.05, 0.1) is 13.2 Å². The second-order valence-electron chi connectivity index (χ2n) is 5.03. The fourth-order valence-corrected chi connectivity index (χ4v) is 1.96. The van der Waals surface area contributed by atoms with Crippen molar-refractivity contribution in [2.75, 3.05) is 39.4 Å². The Balaban J connectivity index is 0. The first-order valence-corrected chi connectivity index (χ1v) is 7.01. The Hall–Kier alpha value is -0.0700. The van der Waals surface area contributed by atoms with E-state index in [1.54, 1.807) is 0 Å². The summed E-state index contributed by atoms with van der Waals surface area (Å²) in [4.78, 5) is 13.8. The largest absolute Gasteiger partial charge is 0.379 e. The van der Waals surface area contributed by atoms with Crippen molar-refractivity contribution in [1.29, 1.82) is 0 Å². The van der Waals surface area contributed by atoms with Gasteiger partial charge in [-0.1, -0.05) is 0 Å². The van der Waals surface area contributed by atoms with Gasteiger partial charge in [-0.2, -0.15) is 0 Å². The number of hydrogen-bond acceptors (Lipinski definition) is 4. The SMILES string of the molecule is CC(N)CCC(=O)NCCCCN1CCOCC1.Cl.Cl. The number of carbonyl (C=O) groups excluding carboxylic acids is 1. The number of morpholine rings is 1. The molecule has 0 radical (unpaired) electrons. The van der Waals surface area contributed by atoms with E-state index in [4.69, 9.17) is 10.5 Å². The average Bonchev–Trinajstić information content (AvgIpc) is 2.37. The molecule has 0 saturated carbocycles. The molecule has 7 heteroatoms. The van der Waals surface area contributed by atoms with Crippen LogP contribution in [-0.2, 0) is 9.53 Å². The third kappa shape index (κ3) is 11.7. The van der Waals surface area contributed by atoms with Gasteiger partial charge in [-0.05, 0) is 32.7 Å². The Morgan fingerprint density at radius 2 is 1.95 bits per heavy atom. The average molecular weight is 330 g/mol. The first-order chi connectivity index (χ1) is 8.68. The standard InChI is InChI=1S/C13H27N3O2.2ClH/c1-12(14)4-5-13(17)15-6-2-3-7-16-8-10-18-11-9-16;;/h12H,2-11,14H2,1H3,(H,15,17);2*1H. The van der Waals surface area contributed by atoms with Gasteiger partial charge in [0.1, 0.15) is 0 Å². The van der Waals surface area contributed by atoms with Crippen LogP contribution in [0.25, 0.3) is 0 Å². The highest BCUT2D eigenvalue weighted by Gasteiger charge is 2.09. The molecule has 1 fully saturated rings. The minimum Gasteiger partial charge on any atom is -0.379 e. The van der Waals surface area contributed by atoms with Crippen molar-refractivity contribution >= 4 is 30.7 Å². The van der Waals surface area contributed by atoms with Crippen LogP contribution in [0.3, 0.4) is 0 Å². The molecule has 0 aromatic carbocycles. The first kappa shape index (κ1) is 22.2. The molecule has 1 unspecified atom stereocenters. The van der Waals surface area contributed by atoms with Gasteiger partial charge in [-0.3, -0.25) is 9.69 Å². The predicted molar refractivity (Wildman–Crippen MR) is 86.9 cm³/mol. The summed E-state index contributed by atoms with van der Waals surface area (Å²) >= 11 is 0. The molecule has 0 aliphatic carbocycles. The zero-order valence-corrected chi connectivity index (χ0v) is 13.9. The van der Waals surface area contributed by atoms with Crippen LogP contribution in [0.4, 0.5) is 0 Å². The van der Waals surface area contributed by atoms with Crippen molar-refractivity contribution in [2.45, 2.75) is 38.6 Å². The Morgan fingerprint density at radius 3 is 2.55 bits per heavy atom. The van der Waals surface area contributed by atoms with E-state index in [9.17, 15) is 4.79 Å². The van der Waals surface area contributed by atoms with Crippen LogP contribution < -0.4 is 11.1 Å². The second kappa shape index (κ2) is 13.9. The minimum absolute atomic E-state index is 0.